The molecule has 2 heterocycles. The van der Waals surface area contributed by atoms with Crippen molar-refractivity contribution in [2.45, 2.75) is 39.7 Å². The molecule has 0 unspecified atom stereocenters. The fraction of sp³-hybridized carbons (Fsp3) is 0.333. The predicted octanol–water partition coefficient (Wildman–Crippen LogP) is 2.67. The lowest BCUT2D eigenvalue weighted by molar-refractivity contribution is -0.0543. The first-order valence-corrected chi connectivity index (χ1v) is 10.4. The van der Waals surface area contributed by atoms with E-state index in [2.05, 4.69) is 34.8 Å². The highest BCUT2D eigenvalue weighted by atomic mass is 19.3. The Labute approximate surface area is 202 Å². The van der Waals surface area contributed by atoms with E-state index in [4.69, 9.17) is 0 Å². The molecule has 0 aliphatic rings. The number of benzene rings is 1. The van der Waals surface area contributed by atoms with Gasteiger partial charge in [0.1, 0.15) is 29.8 Å². The number of hydrogen-bond acceptors (Lipinski definition) is 8. The van der Waals surface area contributed by atoms with Crippen LogP contribution in [0.3, 0.4) is 0 Å². The van der Waals surface area contributed by atoms with Crippen molar-refractivity contribution in [1.29, 1.82) is 0 Å². The van der Waals surface area contributed by atoms with Gasteiger partial charge in [0, 0.05) is 30.8 Å². The van der Waals surface area contributed by atoms with Crippen LogP contribution in [0, 0.1) is 0 Å². The summed E-state index contributed by atoms with van der Waals surface area (Å²) in [6.07, 6.45) is 2.37. The van der Waals surface area contributed by atoms with Crippen LogP contribution in [0.2, 0.25) is 0 Å². The number of hydrogen-bond donors (Lipinski definition) is 1. The molecule has 0 aliphatic carbocycles. The highest BCUT2D eigenvalue weighted by Crippen LogP contribution is 2.26. The zero-order valence-corrected chi connectivity index (χ0v) is 19.2. The normalized spacial score (nSPS) is 11.2. The van der Waals surface area contributed by atoms with Crippen LogP contribution in [0.1, 0.15) is 40.5 Å². The third kappa shape index (κ3) is 6.64. The van der Waals surface area contributed by atoms with Crippen molar-refractivity contribution >= 4 is 11.8 Å². The molecular weight excluding hydrogens is 490 g/mol. The molecule has 36 heavy (non-hydrogen) atoms. The van der Waals surface area contributed by atoms with Gasteiger partial charge in [-0.25, -0.2) is 15.0 Å². The van der Waals surface area contributed by atoms with E-state index in [0.717, 1.165) is 18.2 Å². The molecule has 3 aromatic rings. The summed E-state index contributed by atoms with van der Waals surface area (Å²) >= 11 is 0. The summed E-state index contributed by atoms with van der Waals surface area (Å²) in [7, 11) is 1.63. The highest BCUT2D eigenvalue weighted by molar-refractivity contribution is 5.95. The Morgan fingerprint density at radius 2 is 1.61 bits per heavy atom. The number of rotatable bonds is 10. The van der Waals surface area contributed by atoms with Gasteiger partial charge in [-0.05, 0) is 26.0 Å². The Morgan fingerprint density at radius 3 is 2.19 bits per heavy atom. The number of alkyl halides is 4. The highest BCUT2D eigenvalue weighted by Gasteiger charge is 2.19. The molecule has 3 rings (SSSR count). The number of nitrogens with one attached hydrogen (secondary N) is 1. The number of nitrogens with zero attached hydrogens (tertiary/aromatic N) is 6. The molecule has 0 aliphatic heterocycles. The summed E-state index contributed by atoms with van der Waals surface area (Å²) in [5, 5.41) is 6.52. The van der Waals surface area contributed by atoms with Crippen molar-refractivity contribution in [1.82, 2.24) is 34.9 Å². The van der Waals surface area contributed by atoms with Gasteiger partial charge in [-0.15, -0.1) is 0 Å². The van der Waals surface area contributed by atoms with E-state index >= 15 is 0 Å². The van der Waals surface area contributed by atoms with Gasteiger partial charge in [-0.3, -0.25) is 9.59 Å². The summed E-state index contributed by atoms with van der Waals surface area (Å²) in [6, 6.07) is 4.02. The quantitative estimate of drug-likeness (QED) is 0.412. The molecule has 192 valence electrons. The number of carbonyl (C=O) groups excluding carboxylic acids is 2. The van der Waals surface area contributed by atoms with Crippen molar-refractivity contribution in [2.75, 3.05) is 7.05 Å². The maximum Gasteiger partial charge on any atom is 0.387 e. The fourth-order valence-electron chi connectivity index (χ4n) is 2.88. The molecule has 2 aromatic heterocycles. The van der Waals surface area contributed by atoms with E-state index in [9.17, 15) is 27.2 Å². The minimum absolute atomic E-state index is 0.0655. The van der Waals surface area contributed by atoms with Crippen molar-refractivity contribution in [3.05, 3.63) is 54.0 Å². The summed E-state index contributed by atoms with van der Waals surface area (Å²) in [4.78, 5) is 38.8. The SMILES string of the molecule is CC(C)N(C)C(=O)c1cc(-n2ncnc2CNC(=O)c2cc(OC(F)F)cc(OC(F)F)c2)ncn1. The number of aromatic nitrogens is 5. The van der Waals surface area contributed by atoms with Gasteiger partial charge in [0.2, 0.25) is 0 Å². The van der Waals surface area contributed by atoms with E-state index in [-0.39, 0.29) is 41.4 Å². The van der Waals surface area contributed by atoms with Crippen LogP contribution in [-0.4, -0.2) is 67.8 Å². The number of amides is 2. The number of carbonyl (C=O) groups is 2. The summed E-state index contributed by atoms with van der Waals surface area (Å²) < 4.78 is 60.0. The zero-order valence-electron chi connectivity index (χ0n) is 19.2. The van der Waals surface area contributed by atoms with E-state index in [0.29, 0.717) is 0 Å². The molecule has 2 amide bonds. The maximum atomic E-state index is 12.6. The van der Waals surface area contributed by atoms with E-state index < -0.39 is 30.6 Å². The maximum absolute atomic E-state index is 12.6. The van der Waals surface area contributed by atoms with Crippen molar-refractivity contribution in [3.63, 3.8) is 0 Å². The third-order valence-corrected chi connectivity index (χ3v) is 4.80. The predicted molar refractivity (Wildman–Crippen MR) is 115 cm³/mol. The molecule has 0 saturated heterocycles. The lowest BCUT2D eigenvalue weighted by Gasteiger charge is -2.20. The number of halogens is 4. The van der Waals surface area contributed by atoms with Crippen LogP contribution in [0.25, 0.3) is 5.82 Å². The molecule has 15 heteroatoms. The second-order valence-corrected chi connectivity index (χ2v) is 7.49. The van der Waals surface area contributed by atoms with Gasteiger partial charge in [-0.2, -0.15) is 27.3 Å². The molecule has 11 nitrogen and oxygen atoms in total. The molecule has 1 N–H and O–H groups in total. The molecule has 0 saturated carbocycles. The average Bonchev–Trinajstić information content (AvgIpc) is 3.29. The second kappa shape index (κ2) is 11.4. The molecule has 1 aromatic carbocycles. The van der Waals surface area contributed by atoms with Crippen molar-refractivity contribution in [3.8, 4) is 17.3 Å². The fourth-order valence-corrected chi connectivity index (χ4v) is 2.88. The molecular formula is C21H21F4N7O4. The molecule has 0 bridgehead atoms. The van der Waals surface area contributed by atoms with Crippen LogP contribution in [0.4, 0.5) is 17.6 Å². The Kier molecular flexibility index (Phi) is 8.34. The van der Waals surface area contributed by atoms with Crippen LogP contribution >= 0.6 is 0 Å². The van der Waals surface area contributed by atoms with Gasteiger partial charge in [-0.1, -0.05) is 0 Å². The van der Waals surface area contributed by atoms with Gasteiger partial charge >= 0.3 is 13.2 Å². The van der Waals surface area contributed by atoms with Crippen LogP contribution < -0.4 is 14.8 Å². The first-order valence-electron chi connectivity index (χ1n) is 10.4. The second-order valence-electron chi connectivity index (χ2n) is 7.49. The van der Waals surface area contributed by atoms with Crippen LogP contribution in [0.5, 0.6) is 11.5 Å². The minimum Gasteiger partial charge on any atom is -0.435 e. The largest absolute Gasteiger partial charge is 0.435 e. The molecule has 0 spiro atoms. The van der Waals surface area contributed by atoms with Gasteiger partial charge in [0.15, 0.2) is 11.6 Å². The van der Waals surface area contributed by atoms with E-state index in [1.54, 1.807) is 7.05 Å². The first-order chi connectivity index (χ1) is 17.0. The monoisotopic (exact) mass is 511 g/mol. The van der Waals surface area contributed by atoms with E-state index in [1.807, 2.05) is 13.8 Å². The smallest absolute Gasteiger partial charge is 0.387 e. The molecule has 0 fully saturated rings. The Morgan fingerprint density at radius 1 is 0.972 bits per heavy atom. The van der Waals surface area contributed by atoms with Gasteiger partial charge in [0.05, 0.1) is 6.54 Å². The Balaban J connectivity index is 1.79. The summed E-state index contributed by atoms with van der Waals surface area (Å²) in [6.45, 7) is -3.02. The van der Waals surface area contributed by atoms with Gasteiger partial charge in [0.25, 0.3) is 11.8 Å². The zero-order chi connectivity index (χ0) is 26.4. The van der Waals surface area contributed by atoms with Crippen molar-refractivity contribution < 1.29 is 36.6 Å². The van der Waals surface area contributed by atoms with Crippen LogP contribution in [-0.2, 0) is 6.54 Å². The lowest BCUT2D eigenvalue weighted by Crippen LogP contribution is -2.33. The first kappa shape index (κ1) is 26.3. The summed E-state index contributed by atoms with van der Waals surface area (Å²) in [5.41, 5.74) is -0.161. The third-order valence-electron chi connectivity index (χ3n) is 4.80. The average molecular weight is 511 g/mol. The standard InChI is InChI=1S/C21H21F4N7O4/c1-11(2)31(3)19(34)15-7-16(28-9-27-15)32-17(29-10-30-32)8-26-18(33)12-4-13(35-20(22)23)6-14(5-12)36-21(24)25/h4-7,9-11,20-21H,8H2,1-3H3,(H,26,33). The summed E-state index contributed by atoms with van der Waals surface area (Å²) in [5.74, 6) is -1.84. The Hall–Kier alpha value is -4.30. The minimum atomic E-state index is -3.24. The molecule has 0 radical (unpaired) electrons. The topological polar surface area (TPSA) is 124 Å². The lowest BCUT2D eigenvalue weighted by atomic mass is 10.2. The molecule has 0 atom stereocenters. The van der Waals surface area contributed by atoms with Crippen molar-refractivity contribution in [2.24, 2.45) is 0 Å². The van der Waals surface area contributed by atoms with E-state index in [1.165, 1.54) is 28.3 Å². The number of ether oxygens (including phenoxy) is 2. The van der Waals surface area contributed by atoms with Crippen LogP contribution in [0.15, 0.2) is 36.9 Å². The Bertz CT molecular complexity index is 1190. The van der Waals surface area contributed by atoms with Gasteiger partial charge < -0.3 is 19.7 Å².